The highest BCUT2D eigenvalue weighted by Crippen LogP contribution is 2.23. The molecule has 1 aliphatic rings. The van der Waals surface area contributed by atoms with Gasteiger partial charge in [0.1, 0.15) is 0 Å². The van der Waals surface area contributed by atoms with Crippen LogP contribution in [0.15, 0.2) is 0 Å². The van der Waals surface area contributed by atoms with Crippen molar-refractivity contribution in [3.05, 3.63) is 11.4 Å². The lowest BCUT2D eigenvalue weighted by Crippen LogP contribution is -2.42. The molecule has 0 fully saturated rings. The Labute approximate surface area is 118 Å². The molecule has 0 saturated heterocycles. The molecular formula is C13H22N4O3. The van der Waals surface area contributed by atoms with Gasteiger partial charge < -0.3 is 14.4 Å². The van der Waals surface area contributed by atoms with Crippen LogP contribution in [0.5, 0.6) is 0 Å². The topological polar surface area (TPSA) is 80.3 Å². The zero-order valence-electron chi connectivity index (χ0n) is 12.1. The number of methoxy groups -OCH3 is 2. The van der Waals surface area contributed by atoms with Crippen molar-refractivity contribution in [3.63, 3.8) is 0 Å². The second-order valence-corrected chi connectivity index (χ2v) is 4.97. The minimum atomic E-state index is -0.0127. The first-order chi connectivity index (χ1) is 9.76. The third-order valence-corrected chi connectivity index (χ3v) is 3.66. The van der Waals surface area contributed by atoms with Gasteiger partial charge in [0.2, 0.25) is 5.91 Å². The zero-order valence-corrected chi connectivity index (χ0v) is 12.1. The summed E-state index contributed by atoms with van der Waals surface area (Å²) < 4.78 is 10.1. The van der Waals surface area contributed by atoms with Crippen molar-refractivity contribution in [2.24, 2.45) is 5.92 Å². The molecule has 0 spiro atoms. The summed E-state index contributed by atoms with van der Waals surface area (Å²) in [6, 6.07) is 0. The van der Waals surface area contributed by atoms with Crippen LogP contribution in [0.4, 0.5) is 0 Å². The minimum Gasteiger partial charge on any atom is -0.383 e. The van der Waals surface area contributed by atoms with Crippen molar-refractivity contribution in [2.75, 3.05) is 40.5 Å². The minimum absolute atomic E-state index is 0.0127. The molecule has 7 nitrogen and oxygen atoms in total. The normalized spacial score (nSPS) is 17.8. The Morgan fingerprint density at radius 1 is 1.25 bits per heavy atom. The third kappa shape index (κ3) is 3.55. The van der Waals surface area contributed by atoms with Crippen LogP contribution in [-0.2, 0) is 27.1 Å². The average Bonchev–Trinajstić information content (AvgIpc) is 2.94. The molecule has 1 heterocycles. The molecule has 1 aromatic heterocycles. The average molecular weight is 282 g/mol. The maximum Gasteiger partial charge on any atom is 0.226 e. The van der Waals surface area contributed by atoms with E-state index in [-0.39, 0.29) is 11.8 Å². The van der Waals surface area contributed by atoms with Gasteiger partial charge in [-0.1, -0.05) is 0 Å². The molecular weight excluding hydrogens is 260 g/mol. The molecule has 1 amide bonds. The second-order valence-electron chi connectivity index (χ2n) is 4.97. The van der Waals surface area contributed by atoms with E-state index < -0.39 is 0 Å². The van der Waals surface area contributed by atoms with Gasteiger partial charge in [-0.25, -0.2) is 0 Å². The Hall–Kier alpha value is -1.47. The van der Waals surface area contributed by atoms with E-state index in [1.165, 1.54) is 0 Å². The first-order valence-electron chi connectivity index (χ1n) is 6.91. The molecule has 1 aromatic rings. The highest BCUT2D eigenvalue weighted by molar-refractivity contribution is 5.79. The van der Waals surface area contributed by atoms with Crippen molar-refractivity contribution in [3.8, 4) is 0 Å². The van der Waals surface area contributed by atoms with Crippen LogP contribution in [0.2, 0.25) is 0 Å². The van der Waals surface area contributed by atoms with Gasteiger partial charge in [0.15, 0.2) is 0 Å². The summed E-state index contributed by atoms with van der Waals surface area (Å²) in [6.45, 7) is 2.27. The van der Waals surface area contributed by atoms with Gasteiger partial charge >= 0.3 is 0 Å². The third-order valence-electron chi connectivity index (χ3n) is 3.66. The van der Waals surface area contributed by atoms with Gasteiger partial charge in [-0.3, -0.25) is 4.79 Å². The van der Waals surface area contributed by atoms with E-state index in [2.05, 4.69) is 15.4 Å². The fourth-order valence-electron chi connectivity index (χ4n) is 2.49. The zero-order chi connectivity index (χ0) is 14.4. The standard InChI is InChI=1S/C13H22N4O3/c1-19-7-5-17(6-8-20-2)13(18)10-3-4-11-12(9-10)15-16-14-11/h10H,3-9H2,1-2H3,(H,14,15,16). The number of aromatic amines is 1. The Kier molecular flexibility index (Phi) is 5.49. The van der Waals surface area contributed by atoms with E-state index >= 15 is 0 Å². The number of aromatic nitrogens is 3. The lowest BCUT2D eigenvalue weighted by Gasteiger charge is -2.28. The maximum atomic E-state index is 12.6. The van der Waals surface area contributed by atoms with Crippen molar-refractivity contribution >= 4 is 5.91 Å². The number of rotatable bonds is 7. The SMILES string of the molecule is COCCN(CCOC)C(=O)C1CCc2n[nH]nc2C1. The van der Waals surface area contributed by atoms with E-state index in [1.807, 2.05) is 4.90 Å². The van der Waals surface area contributed by atoms with E-state index in [1.54, 1.807) is 14.2 Å². The molecule has 112 valence electrons. The number of nitrogens with one attached hydrogen (secondary N) is 1. The Morgan fingerprint density at radius 2 is 1.90 bits per heavy atom. The highest BCUT2D eigenvalue weighted by atomic mass is 16.5. The summed E-state index contributed by atoms with van der Waals surface area (Å²) in [6.07, 6.45) is 2.31. The van der Waals surface area contributed by atoms with Crippen molar-refractivity contribution in [2.45, 2.75) is 19.3 Å². The number of carbonyl (C=O) groups is 1. The predicted molar refractivity (Wildman–Crippen MR) is 72.2 cm³/mol. The number of amides is 1. The van der Waals surface area contributed by atoms with E-state index in [4.69, 9.17) is 9.47 Å². The number of H-pyrrole nitrogens is 1. The summed E-state index contributed by atoms with van der Waals surface area (Å²) in [5.41, 5.74) is 1.92. The number of nitrogens with zero attached hydrogens (tertiary/aromatic N) is 3. The van der Waals surface area contributed by atoms with Crippen LogP contribution in [0.3, 0.4) is 0 Å². The molecule has 0 bridgehead atoms. The number of hydrogen-bond donors (Lipinski definition) is 1. The van der Waals surface area contributed by atoms with Gasteiger partial charge in [-0.2, -0.15) is 15.4 Å². The number of fused-ring (bicyclic) bond motifs is 1. The Morgan fingerprint density at radius 3 is 2.55 bits per heavy atom. The molecule has 2 rings (SSSR count). The van der Waals surface area contributed by atoms with Crippen molar-refractivity contribution < 1.29 is 14.3 Å². The number of hydrogen-bond acceptors (Lipinski definition) is 5. The van der Waals surface area contributed by atoms with Crippen LogP contribution in [0.1, 0.15) is 17.8 Å². The highest BCUT2D eigenvalue weighted by Gasteiger charge is 2.30. The number of carbonyl (C=O) groups excluding carboxylic acids is 1. The monoisotopic (exact) mass is 282 g/mol. The van der Waals surface area contributed by atoms with Gasteiger partial charge in [0.25, 0.3) is 0 Å². The van der Waals surface area contributed by atoms with Crippen LogP contribution in [0.25, 0.3) is 0 Å². The molecule has 1 atom stereocenters. The summed E-state index contributed by atoms with van der Waals surface area (Å²) >= 11 is 0. The molecule has 0 aromatic carbocycles. The summed E-state index contributed by atoms with van der Waals surface area (Å²) in [5.74, 6) is 0.147. The fraction of sp³-hybridized carbons (Fsp3) is 0.769. The first kappa shape index (κ1) is 14.9. The smallest absolute Gasteiger partial charge is 0.226 e. The lowest BCUT2D eigenvalue weighted by atomic mass is 9.88. The maximum absolute atomic E-state index is 12.6. The molecule has 20 heavy (non-hydrogen) atoms. The molecule has 1 N–H and O–H groups in total. The fourth-order valence-corrected chi connectivity index (χ4v) is 2.49. The molecule has 0 saturated carbocycles. The molecule has 0 aliphatic heterocycles. The van der Waals surface area contributed by atoms with Crippen LogP contribution >= 0.6 is 0 Å². The van der Waals surface area contributed by atoms with Crippen LogP contribution < -0.4 is 0 Å². The van der Waals surface area contributed by atoms with E-state index in [0.29, 0.717) is 32.7 Å². The molecule has 7 heteroatoms. The van der Waals surface area contributed by atoms with Gasteiger partial charge in [-0.15, -0.1) is 0 Å². The van der Waals surface area contributed by atoms with Crippen LogP contribution in [-0.4, -0.2) is 66.7 Å². The molecule has 1 aliphatic carbocycles. The van der Waals surface area contributed by atoms with Gasteiger partial charge in [-0.05, 0) is 12.8 Å². The summed E-state index contributed by atoms with van der Waals surface area (Å²) in [7, 11) is 3.28. The van der Waals surface area contributed by atoms with Crippen LogP contribution in [0, 0.1) is 5.92 Å². The second kappa shape index (κ2) is 7.35. The summed E-state index contributed by atoms with van der Waals surface area (Å²) in [4.78, 5) is 14.4. The molecule has 0 radical (unpaired) electrons. The lowest BCUT2D eigenvalue weighted by molar-refractivity contribution is -0.137. The number of aryl methyl sites for hydroxylation is 1. The number of ether oxygens (including phenoxy) is 2. The Bertz CT molecular complexity index is 427. The van der Waals surface area contributed by atoms with Gasteiger partial charge in [0, 0.05) is 39.6 Å². The predicted octanol–water partition coefficient (Wildman–Crippen LogP) is 0.0310. The van der Waals surface area contributed by atoms with Crippen molar-refractivity contribution in [1.82, 2.24) is 20.3 Å². The largest absolute Gasteiger partial charge is 0.383 e. The van der Waals surface area contributed by atoms with Crippen molar-refractivity contribution in [1.29, 1.82) is 0 Å². The quantitative estimate of drug-likeness (QED) is 0.763. The van der Waals surface area contributed by atoms with E-state index in [0.717, 1.165) is 24.2 Å². The Balaban J connectivity index is 1.96. The summed E-state index contributed by atoms with van der Waals surface area (Å²) in [5, 5.41) is 10.8. The molecule has 1 unspecified atom stereocenters. The van der Waals surface area contributed by atoms with E-state index in [9.17, 15) is 4.79 Å². The van der Waals surface area contributed by atoms with Gasteiger partial charge in [0.05, 0.1) is 24.6 Å². The first-order valence-corrected chi connectivity index (χ1v) is 6.91.